The van der Waals surface area contributed by atoms with Crippen LogP contribution >= 0.6 is 11.6 Å². The van der Waals surface area contributed by atoms with E-state index in [1.54, 1.807) is 43.5 Å². The van der Waals surface area contributed by atoms with Gasteiger partial charge in [-0.25, -0.2) is 8.42 Å². The van der Waals surface area contributed by atoms with E-state index in [4.69, 9.17) is 11.6 Å². The molecular weight excluding hydrogens is 398 g/mol. The van der Waals surface area contributed by atoms with Gasteiger partial charge in [0.2, 0.25) is 5.91 Å². The van der Waals surface area contributed by atoms with Crippen molar-refractivity contribution in [2.75, 3.05) is 16.2 Å². The van der Waals surface area contributed by atoms with E-state index in [0.717, 1.165) is 9.87 Å². The summed E-state index contributed by atoms with van der Waals surface area (Å²) in [5, 5.41) is 3.09. The van der Waals surface area contributed by atoms with Crippen LogP contribution in [0.3, 0.4) is 0 Å². The molecule has 8 heteroatoms. The molecular formula is C20H18ClN3O3S. The first kappa shape index (κ1) is 19.9. The third-order valence-corrected chi connectivity index (χ3v) is 6.04. The summed E-state index contributed by atoms with van der Waals surface area (Å²) < 4.78 is 27.6. The summed E-state index contributed by atoms with van der Waals surface area (Å²) in [7, 11) is -3.98. The molecule has 2 aromatic carbocycles. The Labute approximate surface area is 168 Å². The Kier molecular flexibility index (Phi) is 5.96. The van der Waals surface area contributed by atoms with Gasteiger partial charge in [0.05, 0.1) is 22.5 Å². The molecule has 144 valence electrons. The number of hydrogen-bond acceptors (Lipinski definition) is 4. The van der Waals surface area contributed by atoms with Gasteiger partial charge in [-0.3, -0.25) is 14.1 Å². The molecule has 0 atom stereocenters. The van der Waals surface area contributed by atoms with Gasteiger partial charge in [0.25, 0.3) is 10.0 Å². The number of rotatable bonds is 6. The molecule has 0 spiro atoms. The fourth-order valence-electron chi connectivity index (χ4n) is 2.64. The molecule has 6 nitrogen and oxygen atoms in total. The minimum Gasteiger partial charge on any atom is -0.323 e. The van der Waals surface area contributed by atoms with E-state index in [9.17, 15) is 13.2 Å². The highest BCUT2D eigenvalue weighted by atomic mass is 35.5. The summed E-state index contributed by atoms with van der Waals surface area (Å²) >= 11 is 5.88. The molecule has 28 heavy (non-hydrogen) atoms. The molecule has 1 heterocycles. The quantitative estimate of drug-likeness (QED) is 0.662. The van der Waals surface area contributed by atoms with Crippen molar-refractivity contribution >= 4 is 38.9 Å². The number of benzene rings is 2. The second kappa shape index (κ2) is 8.41. The Morgan fingerprint density at radius 3 is 2.43 bits per heavy atom. The molecule has 1 N–H and O–H groups in total. The molecule has 1 aromatic heterocycles. The number of pyridine rings is 1. The number of carbonyl (C=O) groups excluding carboxylic acids is 1. The first-order valence-corrected chi connectivity index (χ1v) is 10.2. The van der Waals surface area contributed by atoms with Gasteiger partial charge >= 0.3 is 0 Å². The topological polar surface area (TPSA) is 79.4 Å². The maximum Gasteiger partial charge on any atom is 0.264 e. The zero-order valence-electron chi connectivity index (χ0n) is 15.0. The van der Waals surface area contributed by atoms with Crippen LogP contribution in [-0.2, 0) is 14.8 Å². The first-order valence-electron chi connectivity index (χ1n) is 8.42. The van der Waals surface area contributed by atoms with Crippen LogP contribution in [0.1, 0.15) is 5.56 Å². The molecule has 0 bridgehead atoms. The Hall–Kier alpha value is -2.90. The fraction of sp³-hybridized carbons (Fsp3) is 0.100. The molecule has 3 aromatic rings. The number of carbonyl (C=O) groups is 1. The zero-order chi connectivity index (χ0) is 20.1. The number of para-hydroxylation sites is 1. The van der Waals surface area contributed by atoms with Crippen LogP contribution in [-0.4, -0.2) is 25.9 Å². The first-order chi connectivity index (χ1) is 13.4. The van der Waals surface area contributed by atoms with Gasteiger partial charge in [-0.05, 0) is 55.0 Å². The SMILES string of the molecule is Cc1ccccc1N(CC(=O)Nc1cccnc1)S(=O)(=O)c1ccc(Cl)cc1. The van der Waals surface area contributed by atoms with Crippen molar-refractivity contribution in [3.63, 3.8) is 0 Å². The predicted molar refractivity (Wildman–Crippen MR) is 110 cm³/mol. The Morgan fingerprint density at radius 1 is 1.07 bits per heavy atom. The van der Waals surface area contributed by atoms with Gasteiger partial charge in [0.15, 0.2) is 0 Å². The van der Waals surface area contributed by atoms with E-state index in [2.05, 4.69) is 10.3 Å². The Bertz CT molecular complexity index is 1070. The van der Waals surface area contributed by atoms with Crippen molar-refractivity contribution in [3.8, 4) is 0 Å². The summed E-state index contributed by atoms with van der Waals surface area (Å²) in [5.74, 6) is -0.478. The number of nitrogens with one attached hydrogen (secondary N) is 1. The number of nitrogens with zero attached hydrogens (tertiary/aromatic N) is 2. The summed E-state index contributed by atoms with van der Waals surface area (Å²) in [5.41, 5.74) is 1.65. The van der Waals surface area contributed by atoms with Crippen LogP contribution in [0.15, 0.2) is 78.0 Å². The van der Waals surface area contributed by atoms with E-state index in [0.29, 0.717) is 16.4 Å². The van der Waals surface area contributed by atoms with E-state index in [-0.39, 0.29) is 11.4 Å². The van der Waals surface area contributed by atoms with Gasteiger partial charge in [-0.15, -0.1) is 0 Å². The molecule has 0 saturated heterocycles. The summed E-state index contributed by atoms with van der Waals surface area (Å²) in [4.78, 5) is 16.6. The smallest absolute Gasteiger partial charge is 0.264 e. The summed E-state index contributed by atoms with van der Waals surface area (Å²) in [6.07, 6.45) is 3.07. The van der Waals surface area contributed by atoms with Crippen molar-refractivity contribution < 1.29 is 13.2 Å². The molecule has 0 fully saturated rings. The van der Waals surface area contributed by atoms with Crippen LogP contribution in [0.2, 0.25) is 5.02 Å². The lowest BCUT2D eigenvalue weighted by atomic mass is 10.2. The van der Waals surface area contributed by atoms with Crippen molar-refractivity contribution in [1.29, 1.82) is 0 Å². The maximum absolute atomic E-state index is 13.3. The Balaban J connectivity index is 1.97. The molecule has 1 amide bonds. The highest BCUT2D eigenvalue weighted by Crippen LogP contribution is 2.27. The lowest BCUT2D eigenvalue weighted by Gasteiger charge is -2.25. The number of sulfonamides is 1. The van der Waals surface area contributed by atoms with E-state index in [1.165, 1.54) is 30.5 Å². The Morgan fingerprint density at radius 2 is 1.79 bits per heavy atom. The van der Waals surface area contributed by atoms with E-state index in [1.807, 2.05) is 6.07 Å². The number of aromatic nitrogens is 1. The van der Waals surface area contributed by atoms with Crippen molar-refractivity contribution in [1.82, 2.24) is 4.98 Å². The lowest BCUT2D eigenvalue weighted by Crippen LogP contribution is -2.38. The second-order valence-electron chi connectivity index (χ2n) is 6.04. The van der Waals surface area contributed by atoms with Gasteiger partial charge in [0.1, 0.15) is 6.54 Å². The third-order valence-electron chi connectivity index (χ3n) is 4.02. The number of hydrogen-bond donors (Lipinski definition) is 1. The molecule has 0 radical (unpaired) electrons. The van der Waals surface area contributed by atoms with E-state index < -0.39 is 15.9 Å². The minimum absolute atomic E-state index is 0.0503. The second-order valence-corrected chi connectivity index (χ2v) is 8.34. The number of amides is 1. The monoisotopic (exact) mass is 415 g/mol. The largest absolute Gasteiger partial charge is 0.323 e. The molecule has 0 aliphatic heterocycles. The van der Waals surface area contributed by atoms with Crippen molar-refractivity contribution in [2.45, 2.75) is 11.8 Å². The fourth-order valence-corrected chi connectivity index (χ4v) is 4.26. The van der Waals surface area contributed by atoms with Crippen molar-refractivity contribution in [2.24, 2.45) is 0 Å². The van der Waals surface area contributed by atoms with Crippen LogP contribution in [0.4, 0.5) is 11.4 Å². The lowest BCUT2D eigenvalue weighted by molar-refractivity contribution is -0.114. The number of anilines is 2. The highest BCUT2D eigenvalue weighted by molar-refractivity contribution is 7.92. The average Bonchev–Trinajstić information content (AvgIpc) is 2.68. The molecule has 0 saturated carbocycles. The van der Waals surface area contributed by atoms with Crippen LogP contribution in [0.5, 0.6) is 0 Å². The molecule has 0 aliphatic rings. The van der Waals surface area contributed by atoms with Gasteiger partial charge < -0.3 is 5.32 Å². The standard InChI is InChI=1S/C20H18ClN3O3S/c1-15-5-2-3-7-19(15)24(14-20(25)23-17-6-4-12-22-13-17)28(26,27)18-10-8-16(21)9-11-18/h2-13H,14H2,1H3,(H,23,25). The maximum atomic E-state index is 13.3. The predicted octanol–water partition coefficient (Wildman–Crippen LogP) is 3.88. The molecule has 0 aliphatic carbocycles. The van der Waals surface area contributed by atoms with Crippen molar-refractivity contribution in [3.05, 3.63) is 83.6 Å². The van der Waals surface area contributed by atoms with Gasteiger partial charge in [-0.2, -0.15) is 0 Å². The highest BCUT2D eigenvalue weighted by Gasteiger charge is 2.28. The third kappa shape index (κ3) is 4.49. The number of halogens is 1. The minimum atomic E-state index is -3.98. The van der Waals surface area contributed by atoms with Gasteiger partial charge in [0, 0.05) is 11.2 Å². The van der Waals surface area contributed by atoms with Crippen LogP contribution < -0.4 is 9.62 Å². The average molecular weight is 416 g/mol. The molecule has 3 rings (SSSR count). The van der Waals surface area contributed by atoms with E-state index >= 15 is 0 Å². The van der Waals surface area contributed by atoms with Crippen LogP contribution in [0, 0.1) is 6.92 Å². The van der Waals surface area contributed by atoms with Crippen LogP contribution in [0.25, 0.3) is 0 Å². The van der Waals surface area contributed by atoms with Gasteiger partial charge in [-0.1, -0.05) is 29.8 Å². The number of aryl methyl sites for hydroxylation is 1. The normalized spacial score (nSPS) is 11.1. The molecule has 0 unspecified atom stereocenters. The summed E-state index contributed by atoms with van der Waals surface area (Å²) in [6, 6.07) is 16.2. The zero-order valence-corrected chi connectivity index (χ0v) is 16.6. The summed E-state index contributed by atoms with van der Waals surface area (Å²) in [6.45, 7) is 1.41.